The van der Waals surface area contributed by atoms with Crippen LogP contribution in [-0.4, -0.2) is 68.6 Å². The summed E-state index contributed by atoms with van der Waals surface area (Å²) in [4.78, 5) is 11.5. The average Bonchev–Trinajstić information content (AvgIpc) is 3.40. The molecule has 3 rings (SSSR count). The molecule has 0 bridgehead atoms. The standard InChI is InChI=1S/C22H39N5S.HI/c1-4-23-22(24-13-15-26(2)19-10-5-6-11-19)25-17-18-9-7-14-27(3)21(18)20-12-8-16-28-20;/h8,12,16,18-19,21H,4-7,9-11,13-15,17H2,1-3H3,(H2,23,24,25);1H. The van der Waals surface area contributed by atoms with E-state index in [4.69, 9.17) is 4.99 Å². The molecule has 2 atom stereocenters. The molecule has 1 aliphatic heterocycles. The Bertz CT molecular complexity index is 588. The number of rotatable bonds is 8. The third-order valence-corrected chi connectivity index (χ3v) is 7.32. The van der Waals surface area contributed by atoms with E-state index in [2.05, 4.69) is 59.0 Å². The second-order valence-corrected chi connectivity index (χ2v) is 9.39. The Labute approximate surface area is 198 Å². The van der Waals surface area contributed by atoms with Gasteiger partial charge in [-0.1, -0.05) is 18.9 Å². The van der Waals surface area contributed by atoms with Crippen LogP contribution in [0.25, 0.3) is 0 Å². The molecule has 1 aliphatic carbocycles. The molecule has 2 aliphatic rings. The number of nitrogens with one attached hydrogen (secondary N) is 2. The van der Waals surface area contributed by atoms with Crippen molar-refractivity contribution in [3.8, 4) is 0 Å². The van der Waals surface area contributed by atoms with E-state index in [-0.39, 0.29) is 24.0 Å². The highest BCUT2D eigenvalue weighted by molar-refractivity contribution is 14.0. The lowest BCUT2D eigenvalue weighted by molar-refractivity contribution is 0.128. The number of thiophene rings is 1. The molecule has 166 valence electrons. The minimum Gasteiger partial charge on any atom is -0.357 e. The van der Waals surface area contributed by atoms with E-state index in [0.29, 0.717) is 12.0 Å². The smallest absolute Gasteiger partial charge is 0.191 e. The van der Waals surface area contributed by atoms with Gasteiger partial charge in [-0.2, -0.15) is 0 Å². The monoisotopic (exact) mass is 533 g/mol. The number of halogens is 1. The summed E-state index contributed by atoms with van der Waals surface area (Å²) >= 11 is 1.88. The van der Waals surface area contributed by atoms with Gasteiger partial charge in [0, 0.05) is 43.1 Å². The molecule has 2 unspecified atom stereocenters. The average molecular weight is 534 g/mol. The molecule has 0 radical (unpaired) electrons. The first-order valence-electron chi connectivity index (χ1n) is 11.1. The summed E-state index contributed by atoms with van der Waals surface area (Å²) in [6.07, 6.45) is 8.06. The van der Waals surface area contributed by atoms with E-state index >= 15 is 0 Å². The molecule has 1 aromatic rings. The molecule has 2 fully saturated rings. The Morgan fingerprint density at radius 3 is 2.72 bits per heavy atom. The minimum absolute atomic E-state index is 0. The fraction of sp³-hybridized carbons (Fsp3) is 0.773. The van der Waals surface area contributed by atoms with Crippen LogP contribution >= 0.6 is 35.3 Å². The fourth-order valence-electron chi connectivity index (χ4n) is 4.79. The van der Waals surface area contributed by atoms with E-state index in [1.54, 1.807) is 0 Å². The Balaban J connectivity index is 0.00000300. The van der Waals surface area contributed by atoms with Crippen molar-refractivity contribution in [1.29, 1.82) is 0 Å². The number of hydrogen-bond acceptors (Lipinski definition) is 4. The van der Waals surface area contributed by atoms with Gasteiger partial charge in [-0.15, -0.1) is 35.3 Å². The molecule has 1 saturated carbocycles. The van der Waals surface area contributed by atoms with E-state index < -0.39 is 0 Å². The van der Waals surface area contributed by atoms with Crippen molar-refractivity contribution in [1.82, 2.24) is 20.4 Å². The highest BCUT2D eigenvalue weighted by atomic mass is 127. The highest BCUT2D eigenvalue weighted by Gasteiger charge is 2.31. The van der Waals surface area contributed by atoms with Crippen molar-refractivity contribution < 1.29 is 0 Å². The highest BCUT2D eigenvalue weighted by Crippen LogP contribution is 2.37. The normalized spacial score (nSPS) is 23.9. The van der Waals surface area contributed by atoms with Crippen LogP contribution in [0.15, 0.2) is 22.5 Å². The Morgan fingerprint density at radius 1 is 1.24 bits per heavy atom. The zero-order valence-corrected chi connectivity index (χ0v) is 21.5. The number of likely N-dealkylation sites (N-methyl/N-ethyl adjacent to an activating group) is 1. The topological polar surface area (TPSA) is 42.9 Å². The number of hydrogen-bond donors (Lipinski definition) is 2. The number of nitrogens with zero attached hydrogens (tertiary/aromatic N) is 3. The van der Waals surface area contributed by atoms with Crippen LogP contribution in [0.4, 0.5) is 0 Å². The quantitative estimate of drug-likeness (QED) is 0.299. The van der Waals surface area contributed by atoms with E-state index in [1.807, 2.05) is 11.3 Å². The first-order chi connectivity index (χ1) is 13.7. The summed E-state index contributed by atoms with van der Waals surface area (Å²) in [6, 6.07) is 5.75. The van der Waals surface area contributed by atoms with Crippen LogP contribution < -0.4 is 10.6 Å². The Hall–Kier alpha value is -0.380. The molecule has 1 aromatic heterocycles. The van der Waals surface area contributed by atoms with Crippen molar-refractivity contribution in [3.63, 3.8) is 0 Å². The van der Waals surface area contributed by atoms with E-state index in [1.165, 1.54) is 49.9 Å². The summed E-state index contributed by atoms with van der Waals surface area (Å²) in [6.45, 7) is 7.17. The van der Waals surface area contributed by atoms with Crippen molar-refractivity contribution in [2.75, 3.05) is 46.8 Å². The lowest BCUT2D eigenvalue weighted by atomic mass is 9.88. The predicted molar refractivity (Wildman–Crippen MR) is 137 cm³/mol. The maximum absolute atomic E-state index is 4.98. The predicted octanol–water partition coefficient (Wildman–Crippen LogP) is 4.18. The largest absolute Gasteiger partial charge is 0.357 e. The van der Waals surface area contributed by atoms with Gasteiger partial charge in [0.25, 0.3) is 0 Å². The summed E-state index contributed by atoms with van der Waals surface area (Å²) in [5.74, 6) is 1.56. The summed E-state index contributed by atoms with van der Waals surface area (Å²) < 4.78 is 0. The van der Waals surface area contributed by atoms with Gasteiger partial charge in [0.15, 0.2) is 5.96 Å². The minimum atomic E-state index is 0. The molecule has 0 spiro atoms. The second kappa shape index (κ2) is 13.1. The van der Waals surface area contributed by atoms with Crippen molar-refractivity contribution in [3.05, 3.63) is 22.4 Å². The van der Waals surface area contributed by atoms with E-state index in [0.717, 1.165) is 38.2 Å². The Kier molecular flexibility index (Phi) is 11.3. The van der Waals surface area contributed by atoms with E-state index in [9.17, 15) is 0 Å². The summed E-state index contributed by atoms with van der Waals surface area (Å²) in [7, 11) is 4.54. The third-order valence-electron chi connectivity index (χ3n) is 6.37. The molecule has 2 heterocycles. The number of guanidine groups is 1. The van der Waals surface area contributed by atoms with Gasteiger partial charge in [-0.3, -0.25) is 9.89 Å². The van der Waals surface area contributed by atoms with Crippen LogP contribution in [0, 0.1) is 5.92 Å². The van der Waals surface area contributed by atoms with Gasteiger partial charge in [0.05, 0.1) is 0 Å². The van der Waals surface area contributed by atoms with Crippen molar-refractivity contribution in [2.24, 2.45) is 10.9 Å². The lowest BCUT2D eigenvalue weighted by Crippen LogP contribution is -2.43. The molecular weight excluding hydrogens is 493 g/mol. The van der Waals surface area contributed by atoms with Gasteiger partial charge in [0.1, 0.15) is 0 Å². The lowest BCUT2D eigenvalue weighted by Gasteiger charge is -2.38. The SMILES string of the molecule is CCNC(=NCC1CCCN(C)C1c1cccs1)NCCN(C)C1CCCC1.I. The van der Waals surface area contributed by atoms with Gasteiger partial charge in [0.2, 0.25) is 0 Å². The fourth-order valence-corrected chi connectivity index (χ4v) is 5.77. The zero-order chi connectivity index (χ0) is 19.8. The number of aliphatic imine (C=N–C) groups is 1. The van der Waals surface area contributed by atoms with Crippen LogP contribution in [0.5, 0.6) is 0 Å². The van der Waals surface area contributed by atoms with Crippen LogP contribution in [0.1, 0.15) is 56.4 Å². The van der Waals surface area contributed by atoms with Crippen LogP contribution in [0.2, 0.25) is 0 Å². The summed E-state index contributed by atoms with van der Waals surface area (Å²) in [5, 5.41) is 9.20. The first-order valence-corrected chi connectivity index (χ1v) is 12.0. The number of piperidine rings is 1. The van der Waals surface area contributed by atoms with Gasteiger partial charge >= 0.3 is 0 Å². The Morgan fingerprint density at radius 2 is 2.03 bits per heavy atom. The van der Waals surface area contributed by atoms with Crippen LogP contribution in [-0.2, 0) is 0 Å². The molecule has 0 aromatic carbocycles. The molecular formula is C22H40IN5S. The second-order valence-electron chi connectivity index (χ2n) is 8.41. The van der Waals surface area contributed by atoms with Gasteiger partial charge < -0.3 is 15.5 Å². The zero-order valence-electron chi connectivity index (χ0n) is 18.4. The molecule has 2 N–H and O–H groups in total. The number of likely N-dealkylation sites (tertiary alicyclic amines) is 1. The van der Waals surface area contributed by atoms with Crippen molar-refractivity contribution in [2.45, 2.75) is 57.5 Å². The van der Waals surface area contributed by atoms with Crippen molar-refractivity contribution >= 4 is 41.3 Å². The third kappa shape index (κ3) is 7.36. The molecule has 1 saturated heterocycles. The molecule has 5 nitrogen and oxygen atoms in total. The first kappa shape index (κ1) is 24.9. The van der Waals surface area contributed by atoms with Gasteiger partial charge in [-0.05, 0) is 70.6 Å². The molecule has 0 amide bonds. The molecule has 29 heavy (non-hydrogen) atoms. The maximum atomic E-state index is 4.98. The maximum Gasteiger partial charge on any atom is 0.191 e. The van der Waals surface area contributed by atoms with Crippen LogP contribution in [0.3, 0.4) is 0 Å². The summed E-state index contributed by atoms with van der Waals surface area (Å²) in [5.41, 5.74) is 0. The molecule has 7 heteroatoms. The van der Waals surface area contributed by atoms with Gasteiger partial charge in [-0.25, -0.2) is 0 Å².